The quantitative estimate of drug-likeness (QED) is 0.477. The van der Waals surface area contributed by atoms with Crippen LogP contribution < -0.4 is 10.6 Å². The summed E-state index contributed by atoms with van der Waals surface area (Å²) < 4.78 is 5.64. The molecule has 0 fully saturated rings. The van der Waals surface area contributed by atoms with Crippen LogP contribution in [0.5, 0.6) is 0 Å². The van der Waals surface area contributed by atoms with Gasteiger partial charge >= 0.3 is 0 Å². The van der Waals surface area contributed by atoms with Crippen molar-refractivity contribution in [2.75, 3.05) is 0 Å². The third kappa shape index (κ3) is 4.24. The molecule has 2 N–H and O–H groups in total. The van der Waals surface area contributed by atoms with Crippen LogP contribution in [0.1, 0.15) is 61.5 Å². The molecule has 2 aromatic carbocycles. The van der Waals surface area contributed by atoms with Gasteiger partial charge in [-0.25, -0.2) is 9.97 Å². The molecule has 1 atom stereocenters. The number of aryl methyl sites for hydroxylation is 2. The zero-order valence-corrected chi connectivity index (χ0v) is 18.5. The van der Waals surface area contributed by atoms with Crippen LogP contribution in [0, 0.1) is 18.3 Å². The monoisotopic (exact) mass is 451 g/mol. The van der Waals surface area contributed by atoms with Crippen molar-refractivity contribution in [3.05, 3.63) is 94.3 Å². The number of carbonyl (C=O) groups excluding carboxylic acids is 2. The zero-order valence-electron chi connectivity index (χ0n) is 18.5. The summed E-state index contributed by atoms with van der Waals surface area (Å²) in [5, 5.41) is 15.9. The molecule has 34 heavy (non-hydrogen) atoms. The molecule has 0 spiro atoms. The number of furan rings is 1. The molecule has 4 aromatic rings. The van der Waals surface area contributed by atoms with Crippen LogP contribution in [0.4, 0.5) is 0 Å². The van der Waals surface area contributed by atoms with E-state index in [0.717, 1.165) is 46.3 Å². The molecule has 5 rings (SSSR count). The first-order chi connectivity index (χ1) is 16.5. The van der Waals surface area contributed by atoms with E-state index in [4.69, 9.17) is 9.68 Å². The van der Waals surface area contributed by atoms with E-state index in [9.17, 15) is 9.59 Å². The molecule has 0 radical (unpaired) electrons. The van der Waals surface area contributed by atoms with Gasteiger partial charge in [0.1, 0.15) is 29.1 Å². The molecule has 0 unspecified atom stereocenters. The Bertz CT molecular complexity index is 1470. The van der Waals surface area contributed by atoms with E-state index >= 15 is 0 Å². The third-order valence-electron chi connectivity index (χ3n) is 5.95. The minimum atomic E-state index is -0.401. The Hall–Kier alpha value is -4.51. The first-order valence-corrected chi connectivity index (χ1v) is 10.9. The lowest BCUT2D eigenvalue weighted by Gasteiger charge is -2.14. The highest BCUT2D eigenvalue weighted by molar-refractivity contribution is 5.97. The highest BCUT2D eigenvalue weighted by Gasteiger charge is 2.25. The first-order valence-electron chi connectivity index (χ1n) is 10.9. The Morgan fingerprint density at radius 2 is 1.91 bits per heavy atom. The van der Waals surface area contributed by atoms with Gasteiger partial charge in [-0.1, -0.05) is 18.2 Å². The topological polar surface area (TPSA) is 121 Å². The fourth-order valence-corrected chi connectivity index (χ4v) is 4.27. The Morgan fingerprint density at radius 1 is 1.09 bits per heavy atom. The standard InChI is InChI=1S/C26H21N5O3/c1-15-8-19-4-2-17(10-24(19)34-15)13-28-25(32)22-11-23(30-14-29-22)26(33)31-21-7-5-18-9-16(12-27)3-6-20(18)21/h2-4,6,8-11,14,21H,5,7,13H2,1H3,(H,28,32)(H,31,33)/t21-/m0/s1. The van der Waals surface area contributed by atoms with Crippen molar-refractivity contribution < 1.29 is 14.0 Å². The third-order valence-corrected chi connectivity index (χ3v) is 5.95. The molecule has 0 aliphatic heterocycles. The number of carbonyl (C=O) groups is 2. The number of aromatic nitrogens is 2. The average molecular weight is 451 g/mol. The van der Waals surface area contributed by atoms with Crippen LogP contribution in [-0.2, 0) is 13.0 Å². The van der Waals surface area contributed by atoms with E-state index in [-0.39, 0.29) is 23.3 Å². The van der Waals surface area contributed by atoms with Crippen molar-refractivity contribution in [3.8, 4) is 6.07 Å². The lowest BCUT2D eigenvalue weighted by Crippen LogP contribution is -2.29. The summed E-state index contributed by atoms with van der Waals surface area (Å²) in [7, 11) is 0. The Balaban J connectivity index is 1.24. The van der Waals surface area contributed by atoms with Gasteiger partial charge in [-0.3, -0.25) is 9.59 Å². The second-order valence-electron chi connectivity index (χ2n) is 8.29. The van der Waals surface area contributed by atoms with Crippen molar-refractivity contribution >= 4 is 22.8 Å². The van der Waals surface area contributed by atoms with Crippen molar-refractivity contribution in [1.82, 2.24) is 20.6 Å². The van der Waals surface area contributed by atoms with Crippen LogP contribution in [0.3, 0.4) is 0 Å². The normalized spacial score (nSPS) is 14.4. The highest BCUT2D eigenvalue weighted by Crippen LogP contribution is 2.31. The van der Waals surface area contributed by atoms with Gasteiger partial charge in [0.15, 0.2) is 0 Å². The molecule has 2 aromatic heterocycles. The van der Waals surface area contributed by atoms with Gasteiger partial charge in [0.25, 0.3) is 11.8 Å². The number of nitriles is 1. The fraction of sp³-hybridized carbons (Fsp3) is 0.192. The number of nitrogens with zero attached hydrogens (tertiary/aromatic N) is 3. The van der Waals surface area contributed by atoms with Crippen LogP contribution in [0.25, 0.3) is 11.0 Å². The predicted molar refractivity (Wildman–Crippen MR) is 124 cm³/mol. The minimum absolute atomic E-state index is 0.112. The lowest BCUT2D eigenvalue weighted by molar-refractivity contribution is 0.0931. The summed E-state index contributed by atoms with van der Waals surface area (Å²) >= 11 is 0. The molecular formula is C26H21N5O3. The molecule has 0 bridgehead atoms. The molecule has 2 amide bonds. The van der Waals surface area contributed by atoms with Gasteiger partial charge in [0.05, 0.1) is 17.7 Å². The number of rotatable bonds is 5. The Labute approximate surface area is 195 Å². The average Bonchev–Trinajstić information content (AvgIpc) is 3.43. The summed E-state index contributed by atoms with van der Waals surface area (Å²) in [5.41, 5.74) is 4.56. The number of amides is 2. The van der Waals surface area contributed by atoms with E-state index in [1.807, 2.05) is 43.3 Å². The molecule has 2 heterocycles. The van der Waals surface area contributed by atoms with Crippen molar-refractivity contribution in [3.63, 3.8) is 0 Å². The molecule has 8 heteroatoms. The molecule has 0 saturated carbocycles. The summed E-state index contributed by atoms with van der Waals surface area (Å²) in [5.74, 6) is 0.0516. The lowest BCUT2D eigenvalue weighted by atomic mass is 10.1. The second kappa shape index (κ2) is 8.79. The van der Waals surface area contributed by atoms with Crippen LogP contribution in [0.15, 0.2) is 59.3 Å². The van der Waals surface area contributed by atoms with Gasteiger partial charge in [-0.15, -0.1) is 0 Å². The minimum Gasteiger partial charge on any atom is -0.461 e. The molecule has 168 valence electrons. The van der Waals surface area contributed by atoms with Crippen LogP contribution in [-0.4, -0.2) is 21.8 Å². The van der Waals surface area contributed by atoms with Gasteiger partial charge < -0.3 is 15.1 Å². The van der Waals surface area contributed by atoms with Crippen molar-refractivity contribution in [1.29, 1.82) is 5.26 Å². The smallest absolute Gasteiger partial charge is 0.270 e. The largest absolute Gasteiger partial charge is 0.461 e. The summed E-state index contributed by atoms with van der Waals surface area (Å²) in [4.78, 5) is 33.5. The first kappa shape index (κ1) is 21.3. The van der Waals surface area contributed by atoms with Gasteiger partial charge in [-0.2, -0.15) is 5.26 Å². The van der Waals surface area contributed by atoms with Gasteiger partial charge in [-0.05, 0) is 60.7 Å². The molecule has 8 nitrogen and oxygen atoms in total. The molecule has 1 aliphatic rings. The maximum atomic E-state index is 12.8. The summed E-state index contributed by atoms with van der Waals surface area (Å²) in [6.45, 7) is 2.18. The van der Waals surface area contributed by atoms with Crippen molar-refractivity contribution in [2.24, 2.45) is 0 Å². The maximum absolute atomic E-state index is 12.8. The predicted octanol–water partition coefficient (Wildman–Crippen LogP) is 3.75. The number of nitrogens with one attached hydrogen (secondary N) is 2. The van der Waals surface area contributed by atoms with E-state index in [1.54, 1.807) is 6.07 Å². The fourth-order valence-electron chi connectivity index (χ4n) is 4.27. The number of hydrogen-bond donors (Lipinski definition) is 2. The maximum Gasteiger partial charge on any atom is 0.270 e. The Kier molecular flexibility index (Phi) is 5.52. The van der Waals surface area contributed by atoms with Gasteiger partial charge in [0, 0.05) is 18.0 Å². The zero-order chi connectivity index (χ0) is 23.7. The SMILES string of the molecule is Cc1cc2ccc(CNC(=O)c3cc(C(=O)N[C@H]4CCc5cc(C#N)ccc54)ncn3)cc2o1. The van der Waals surface area contributed by atoms with E-state index in [2.05, 4.69) is 26.7 Å². The molecular weight excluding hydrogens is 430 g/mol. The molecule has 0 saturated heterocycles. The van der Waals surface area contributed by atoms with Crippen LogP contribution >= 0.6 is 0 Å². The summed E-state index contributed by atoms with van der Waals surface area (Å²) in [6, 6.07) is 16.6. The van der Waals surface area contributed by atoms with Crippen LogP contribution in [0.2, 0.25) is 0 Å². The number of fused-ring (bicyclic) bond motifs is 2. The molecule has 1 aliphatic carbocycles. The Morgan fingerprint density at radius 3 is 2.74 bits per heavy atom. The summed E-state index contributed by atoms with van der Waals surface area (Å²) in [6.07, 6.45) is 2.74. The van der Waals surface area contributed by atoms with Gasteiger partial charge in [0.2, 0.25) is 0 Å². The van der Waals surface area contributed by atoms with E-state index in [1.165, 1.54) is 12.4 Å². The van der Waals surface area contributed by atoms with E-state index in [0.29, 0.717) is 12.1 Å². The number of hydrogen-bond acceptors (Lipinski definition) is 6. The van der Waals surface area contributed by atoms with E-state index < -0.39 is 5.91 Å². The van der Waals surface area contributed by atoms with Crippen molar-refractivity contribution in [2.45, 2.75) is 32.4 Å². The second-order valence-corrected chi connectivity index (χ2v) is 8.29. The highest BCUT2D eigenvalue weighted by atomic mass is 16.3. The number of benzene rings is 2.